The van der Waals surface area contributed by atoms with Crippen molar-refractivity contribution < 1.29 is 4.92 Å². The Hall–Kier alpha value is -2.95. The molecule has 0 bridgehead atoms. The van der Waals surface area contributed by atoms with Crippen molar-refractivity contribution in [2.24, 2.45) is 0 Å². The molecule has 0 fully saturated rings. The number of nitriles is 1. The Morgan fingerprint density at radius 3 is 2.54 bits per heavy atom. The number of non-ortho nitro benzene ring substituents is 1. The van der Waals surface area contributed by atoms with Gasteiger partial charge in [-0.15, -0.1) is 0 Å². The van der Waals surface area contributed by atoms with Crippen LogP contribution in [-0.2, 0) is 0 Å². The second-order valence-electron chi connectivity index (χ2n) is 5.33. The first-order valence-electron chi connectivity index (χ1n) is 7.32. The van der Waals surface area contributed by atoms with Crippen LogP contribution in [0.1, 0.15) is 5.56 Å². The molecule has 2 N–H and O–H groups in total. The van der Waals surface area contributed by atoms with E-state index in [1.807, 2.05) is 30.3 Å². The topological polar surface area (TPSA) is 106 Å². The fourth-order valence-corrected chi connectivity index (χ4v) is 3.24. The number of aromatic nitrogens is 1. The summed E-state index contributed by atoms with van der Waals surface area (Å²) < 4.78 is 0.799. The van der Waals surface area contributed by atoms with Crippen molar-refractivity contribution in [3.8, 4) is 28.5 Å². The maximum absolute atomic E-state index is 11.1. The summed E-state index contributed by atoms with van der Waals surface area (Å²) in [6, 6.07) is 15.1. The predicted octanol–water partition coefficient (Wildman–Crippen LogP) is 5.19. The zero-order valence-corrected chi connectivity index (χ0v) is 15.5. The SMILES string of the molecule is N#Cc1c(-c2cc([N+](=O)[O-])ccc2Cl)cc(-c2ccccc2Br)nc1N. The molecule has 0 amide bonds. The minimum atomic E-state index is -0.523. The van der Waals surface area contributed by atoms with Crippen molar-refractivity contribution in [3.05, 3.63) is 73.7 Å². The molecule has 0 aliphatic rings. The van der Waals surface area contributed by atoms with Crippen LogP contribution in [0.4, 0.5) is 11.5 Å². The minimum absolute atomic E-state index is 0.0262. The molecule has 0 aliphatic carbocycles. The Morgan fingerprint density at radius 2 is 1.88 bits per heavy atom. The first-order chi connectivity index (χ1) is 12.4. The molecule has 0 unspecified atom stereocenters. The second kappa shape index (κ2) is 7.12. The molecule has 0 spiro atoms. The summed E-state index contributed by atoms with van der Waals surface area (Å²) in [6.07, 6.45) is 0. The normalized spacial score (nSPS) is 10.3. The van der Waals surface area contributed by atoms with Gasteiger partial charge < -0.3 is 5.73 Å². The van der Waals surface area contributed by atoms with E-state index in [2.05, 4.69) is 20.9 Å². The number of pyridine rings is 1. The average Bonchev–Trinajstić information content (AvgIpc) is 2.61. The lowest BCUT2D eigenvalue weighted by Crippen LogP contribution is -2.00. The molecular weight excluding hydrogens is 420 g/mol. The van der Waals surface area contributed by atoms with Crippen molar-refractivity contribution in [2.75, 3.05) is 5.73 Å². The lowest BCUT2D eigenvalue weighted by molar-refractivity contribution is -0.384. The second-order valence-corrected chi connectivity index (χ2v) is 6.59. The summed E-state index contributed by atoms with van der Waals surface area (Å²) in [5.74, 6) is 0.0262. The molecule has 0 aliphatic heterocycles. The number of benzene rings is 2. The van der Waals surface area contributed by atoms with Crippen LogP contribution in [0, 0.1) is 21.4 Å². The van der Waals surface area contributed by atoms with E-state index in [1.54, 1.807) is 6.07 Å². The van der Waals surface area contributed by atoms with Gasteiger partial charge in [-0.3, -0.25) is 10.1 Å². The van der Waals surface area contributed by atoms with Gasteiger partial charge in [0.15, 0.2) is 0 Å². The van der Waals surface area contributed by atoms with Gasteiger partial charge in [0.1, 0.15) is 17.5 Å². The first-order valence-corrected chi connectivity index (χ1v) is 8.49. The Labute approximate surface area is 162 Å². The van der Waals surface area contributed by atoms with Crippen LogP contribution in [0.3, 0.4) is 0 Å². The monoisotopic (exact) mass is 428 g/mol. The molecule has 1 heterocycles. The van der Waals surface area contributed by atoms with Crippen LogP contribution in [0.15, 0.2) is 53.0 Å². The van der Waals surface area contributed by atoms with Gasteiger partial charge in [0.05, 0.1) is 10.6 Å². The van der Waals surface area contributed by atoms with Gasteiger partial charge in [-0.1, -0.05) is 45.7 Å². The number of nitrogens with two attached hydrogens (primary N) is 1. The third-order valence-electron chi connectivity index (χ3n) is 3.76. The van der Waals surface area contributed by atoms with Gasteiger partial charge in [-0.05, 0) is 18.2 Å². The van der Waals surface area contributed by atoms with E-state index >= 15 is 0 Å². The summed E-state index contributed by atoms with van der Waals surface area (Å²) >= 11 is 9.70. The molecule has 0 saturated carbocycles. The van der Waals surface area contributed by atoms with Crippen molar-refractivity contribution in [2.45, 2.75) is 0 Å². The number of nitro benzene ring substituents is 1. The van der Waals surface area contributed by atoms with Crippen molar-refractivity contribution in [1.29, 1.82) is 5.26 Å². The van der Waals surface area contributed by atoms with Gasteiger partial charge in [-0.25, -0.2) is 4.98 Å². The first kappa shape index (κ1) is 17.9. The van der Waals surface area contributed by atoms with Gasteiger partial charge in [0, 0.05) is 38.3 Å². The molecule has 8 heteroatoms. The zero-order valence-electron chi connectivity index (χ0n) is 13.1. The average molecular weight is 430 g/mol. The van der Waals surface area contributed by atoms with Gasteiger partial charge in [0.2, 0.25) is 0 Å². The van der Waals surface area contributed by atoms with E-state index in [-0.39, 0.29) is 22.1 Å². The van der Waals surface area contributed by atoms with E-state index in [0.717, 1.165) is 10.0 Å². The molecule has 3 rings (SSSR count). The van der Waals surface area contributed by atoms with Gasteiger partial charge in [-0.2, -0.15) is 5.26 Å². The third kappa shape index (κ3) is 3.25. The van der Waals surface area contributed by atoms with Crippen LogP contribution in [-0.4, -0.2) is 9.91 Å². The molecule has 0 saturated heterocycles. The summed E-state index contributed by atoms with van der Waals surface area (Å²) in [5.41, 5.74) is 7.99. The summed E-state index contributed by atoms with van der Waals surface area (Å²) in [4.78, 5) is 14.9. The maximum Gasteiger partial charge on any atom is 0.270 e. The Bertz CT molecular complexity index is 1080. The molecule has 2 aromatic carbocycles. The van der Waals surface area contributed by atoms with Crippen LogP contribution < -0.4 is 5.73 Å². The quantitative estimate of drug-likeness (QED) is 0.455. The molecule has 0 radical (unpaired) electrons. The van der Waals surface area contributed by atoms with Crippen LogP contribution >= 0.6 is 27.5 Å². The van der Waals surface area contributed by atoms with Crippen molar-refractivity contribution >= 4 is 39.0 Å². The molecule has 3 aromatic rings. The van der Waals surface area contributed by atoms with Gasteiger partial charge >= 0.3 is 0 Å². The molecule has 26 heavy (non-hydrogen) atoms. The van der Waals surface area contributed by atoms with Crippen LogP contribution in [0.25, 0.3) is 22.4 Å². The Balaban J connectivity index is 2.31. The highest BCUT2D eigenvalue weighted by molar-refractivity contribution is 9.10. The fraction of sp³-hybridized carbons (Fsp3) is 0. The van der Waals surface area contributed by atoms with E-state index in [9.17, 15) is 15.4 Å². The molecule has 0 atom stereocenters. The number of rotatable bonds is 3. The molecule has 1 aromatic heterocycles. The molecule has 128 valence electrons. The smallest absolute Gasteiger partial charge is 0.270 e. The van der Waals surface area contributed by atoms with E-state index in [4.69, 9.17) is 17.3 Å². The predicted molar refractivity (Wildman–Crippen MR) is 104 cm³/mol. The maximum atomic E-state index is 11.1. The lowest BCUT2D eigenvalue weighted by Gasteiger charge is -2.12. The molecule has 6 nitrogen and oxygen atoms in total. The number of nitro groups is 1. The van der Waals surface area contributed by atoms with E-state index in [1.165, 1.54) is 18.2 Å². The summed E-state index contributed by atoms with van der Waals surface area (Å²) in [5, 5.41) is 20.9. The molecular formula is C18H10BrClN4O2. The Kier molecular flexibility index (Phi) is 4.89. The number of anilines is 1. The summed E-state index contributed by atoms with van der Waals surface area (Å²) in [6.45, 7) is 0. The number of halogens is 2. The van der Waals surface area contributed by atoms with Crippen molar-refractivity contribution in [1.82, 2.24) is 4.98 Å². The number of hydrogen-bond donors (Lipinski definition) is 1. The lowest BCUT2D eigenvalue weighted by atomic mass is 9.98. The largest absolute Gasteiger partial charge is 0.383 e. The van der Waals surface area contributed by atoms with Crippen LogP contribution in [0.2, 0.25) is 5.02 Å². The highest BCUT2D eigenvalue weighted by Gasteiger charge is 2.19. The standard InChI is InChI=1S/C18H10BrClN4O2/c19-15-4-2-1-3-11(15)17-8-12(14(9-21)18(22)23-17)13-7-10(24(25)26)5-6-16(13)20/h1-8H,(H2,22,23). The van der Waals surface area contributed by atoms with E-state index in [0.29, 0.717) is 16.8 Å². The highest BCUT2D eigenvalue weighted by atomic mass is 79.9. The third-order valence-corrected chi connectivity index (χ3v) is 4.78. The van der Waals surface area contributed by atoms with Crippen LogP contribution in [0.5, 0.6) is 0 Å². The fourth-order valence-electron chi connectivity index (χ4n) is 2.53. The highest BCUT2D eigenvalue weighted by Crippen LogP contribution is 2.38. The Morgan fingerprint density at radius 1 is 1.15 bits per heavy atom. The minimum Gasteiger partial charge on any atom is -0.383 e. The van der Waals surface area contributed by atoms with E-state index < -0.39 is 4.92 Å². The van der Waals surface area contributed by atoms with Gasteiger partial charge in [0.25, 0.3) is 5.69 Å². The number of nitrogens with zero attached hydrogens (tertiary/aromatic N) is 3. The summed E-state index contributed by atoms with van der Waals surface area (Å²) in [7, 11) is 0. The zero-order chi connectivity index (χ0) is 18.8. The number of hydrogen-bond acceptors (Lipinski definition) is 5. The number of nitrogen functional groups attached to an aromatic ring is 1. The van der Waals surface area contributed by atoms with Crippen molar-refractivity contribution in [3.63, 3.8) is 0 Å².